The smallest absolute Gasteiger partial charge is 0.0582 e. The standard InChI is InChI=1S/C11H15Cl2NO/c1-7(6-15)14-8(2)10-4-3-9(12)5-11(10)13/h3-5,7-8,14-15H,6H2,1-2H3/t7-,8+/m0/s1. The summed E-state index contributed by atoms with van der Waals surface area (Å²) >= 11 is 11.9. The number of halogens is 2. The number of aliphatic hydroxyl groups excluding tert-OH is 1. The van der Waals surface area contributed by atoms with E-state index in [1.54, 1.807) is 6.07 Å². The summed E-state index contributed by atoms with van der Waals surface area (Å²) in [5.41, 5.74) is 0.987. The van der Waals surface area contributed by atoms with Crippen LogP contribution in [0.3, 0.4) is 0 Å². The maximum Gasteiger partial charge on any atom is 0.0582 e. The first kappa shape index (κ1) is 12.8. The summed E-state index contributed by atoms with van der Waals surface area (Å²) in [6.07, 6.45) is 0. The van der Waals surface area contributed by atoms with Gasteiger partial charge in [-0.05, 0) is 31.5 Å². The Kier molecular flexibility index (Phi) is 4.87. The van der Waals surface area contributed by atoms with Crippen molar-refractivity contribution in [1.82, 2.24) is 5.32 Å². The van der Waals surface area contributed by atoms with E-state index in [4.69, 9.17) is 28.3 Å². The van der Waals surface area contributed by atoms with E-state index < -0.39 is 0 Å². The monoisotopic (exact) mass is 247 g/mol. The van der Waals surface area contributed by atoms with E-state index in [2.05, 4.69) is 5.32 Å². The Morgan fingerprint density at radius 3 is 2.53 bits per heavy atom. The fraction of sp³-hybridized carbons (Fsp3) is 0.455. The summed E-state index contributed by atoms with van der Waals surface area (Å²) < 4.78 is 0. The summed E-state index contributed by atoms with van der Waals surface area (Å²) in [4.78, 5) is 0. The van der Waals surface area contributed by atoms with Crippen molar-refractivity contribution in [1.29, 1.82) is 0 Å². The van der Waals surface area contributed by atoms with Crippen LogP contribution in [0.4, 0.5) is 0 Å². The van der Waals surface area contributed by atoms with Crippen LogP contribution in [0.15, 0.2) is 18.2 Å². The Hall–Kier alpha value is -0.280. The van der Waals surface area contributed by atoms with Crippen LogP contribution in [0, 0.1) is 0 Å². The first-order chi connectivity index (χ1) is 7.04. The quantitative estimate of drug-likeness (QED) is 0.858. The first-order valence-electron chi connectivity index (χ1n) is 4.86. The van der Waals surface area contributed by atoms with E-state index in [0.29, 0.717) is 10.0 Å². The lowest BCUT2D eigenvalue weighted by atomic mass is 10.1. The molecule has 0 aliphatic rings. The molecule has 0 amide bonds. The molecule has 2 atom stereocenters. The van der Waals surface area contributed by atoms with Crippen LogP contribution in [-0.4, -0.2) is 17.8 Å². The Bertz CT molecular complexity index is 330. The van der Waals surface area contributed by atoms with Gasteiger partial charge in [-0.2, -0.15) is 0 Å². The molecule has 0 saturated carbocycles. The second kappa shape index (κ2) is 5.71. The van der Waals surface area contributed by atoms with Gasteiger partial charge in [0.05, 0.1) is 6.61 Å². The molecule has 0 spiro atoms. The number of benzene rings is 1. The number of hydrogen-bond donors (Lipinski definition) is 2. The molecule has 0 aliphatic carbocycles. The van der Waals surface area contributed by atoms with Crippen molar-refractivity contribution in [2.24, 2.45) is 0 Å². The summed E-state index contributed by atoms with van der Waals surface area (Å²) in [6, 6.07) is 5.57. The molecule has 0 radical (unpaired) electrons. The highest BCUT2D eigenvalue weighted by Crippen LogP contribution is 2.26. The van der Waals surface area contributed by atoms with Crippen molar-refractivity contribution in [3.63, 3.8) is 0 Å². The summed E-state index contributed by atoms with van der Waals surface area (Å²) in [6.45, 7) is 4.02. The van der Waals surface area contributed by atoms with Gasteiger partial charge < -0.3 is 10.4 Å². The van der Waals surface area contributed by atoms with E-state index in [0.717, 1.165) is 5.56 Å². The van der Waals surface area contributed by atoms with Gasteiger partial charge in [0.25, 0.3) is 0 Å². The van der Waals surface area contributed by atoms with E-state index in [9.17, 15) is 0 Å². The lowest BCUT2D eigenvalue weighted by Crippen LogP contribution is -2.31. The minimum atomic E-state index is 0.0479. The van der Waals surface area contributed by atoms with Crippen molar-refractivity contribution >= 4 is 23.2 Å². The summed E-state index contributed by atoms with van der Waals surface area (Å²) in [5, 5.41) is 13.4. The van der Waals surface area contributed by atoms with Crippen LogP contribution < -0.4 is 5.32 Å². The molecule has 0 aromatic heterocycles. The molecule has 0 aliphatic heterocycles. The minimum absolute atomic E-state index is 0.0479. The topological polar surface area (TPSA) is 32.3 Å². The van der Waals surface area contributed by atoms with Gasteiger partial charge in [0.1, 0.15) is 0 Å². The molecule has 0 unspecified atom stereocenters. The first-order valence-corrected chi connectivity index (χ1v) is 5.62. The minimum Gasteiger partial charge on any atom is -0.395 e. The third kappa shape index (κ3) is 3.65. The molecule has 15 heavy (non-hydrogen) atoms. The Morgan fingerprint density at radius 2 is 2.00 bits per heavy atom. The molecular formula is C11H15Cl2NO. The van der Waals surface area contributed by atoms with E-state index in [1.165, 1.54) is 0 Å². The van der Waals surface area contributed by atoms with Crippen LogP contribution in [0.2, 0.25) is 10.0 Å². The van der Waals surface area contributed by atoms with Crippen molar-refractivity contribution in [2.45, 2.75) is 25.9 Å². The van der Waals surface area contributed by atoms with E-state index in [1.807, 2.05) is 26.0 Å². The molecule has 1 aromatic rings. The summed E-state index contributed by atoms with van der Waals surface area (Å²) in [7, 11) is 0. The van der Waals surface area contributed by atoms with Gasteiger partial charge in [-0.1, -0.05) is 29.3 Å². The second-order valence-electron chi connectivity index (χ2n) is 3.64. The Balaban J connectivity index is 2.77. The van der Waals surface area contributed by atoms with Gasteiger partial charge >= 0.3 is 0 Å². The normalized spacial score (nSPS) is 15.0. The van der Waals surface area contributed by atoms with Gasteiger partial charge in [0.2, 0.25) is 0 Å². The molecule has 2 nitrogen and oxygen atoms in total. The van der Waals surface area contributed by atoms with Gasteiger partial charge in [-0.25, -0.2) is 0 Å². The van der Waals surface area contributed by atoms with Gasteiger partial charge in [0, 0.05) is 22.1 Å². The predicted molar refractivity (Wildman–Crippen MR) is 64.6 cm³/mol. The van der Waals surface area contributed by atoms with Gasteiger partial charge in [-0.15, -0.1) is 0 Å². The summed E-state index contributed by atoms with van der Waals surface area (Å²) in [5.74, 6) is 0. The van der Waals surface area contributed by atoms with Crippen molar-refractivity contribution in [2.75, 3.05) is 6.61 Å². The number of nitrogens with one attached hydrogen (secondary N) is 1. The van der Waals surface area contributed by atoms with Crippen LogP contribution in [0.25, 0.3) is 0 Å². The van der Waals surface area contributed by atoms with Gasteiger partial charge in [-0.3, -0.25) is 0 Å². The number of aliphatic hydroxyl groups is 1. The highest BCUT2D eigenvalue weighted by molar-refractivity contribution is 6.35. The predicted octanol–water partition coefficient (Wildman–Crippen LogP) is 3.02. The fourth-order valence-electron chi connectivity index (χ4n) is 1.42. The third-order valence-electron chi connectivity index (χ3n) is 2.24. The fourth-order valence-corrected chi connectivity index (χ4v) is 1.99. The second-order valence-corrected chi connectivity index (χ2v) is 4.48. The molecule has 1 rings (SSSR count). The number of hydrogen-bond acceptors (Lipinski definition) is 2. The SMILES string of the molecule is C[C@@H](CO)N[C@H](C)c1ccc(Cl)cc1Cl. The molecule has 0 bridgehead atoms. The van der Waals surface area contributed by atoms with Crippen molar-refractivity contribution < 1.29 is 5.11 Å². The lowest BCUT2D eigenvalue weighted by molar-refractivity contribution is 0.243. The average Bonchev–Trinajstić information content (AvgIpc) is 2.17. The average molecular weight is 248 g/mol. The van der Waals surface area contributed by atoms with Crippen LogP contribution in [-0.2, 0) is 0 Å². The van der Waals surface area contributed by atoms with Crippen LogP contribution >= 0.6 is 23.2 Å². The van der Waals surface area contributed by atoms with Crippen LogP contribution in [0.5, 0.6) is 0 Å². The Morgan fingerprint density at radius 1 is 1.33 bits per heavy atom. The van der Waals surface area contributed by atoms with Crippen molar-refractivity contribution in [3.8, 4) is 0 Å². The molecule has 1 aromatic carbocycles. The highest BCUT2D eigenvalue weighted by atomic mass is 35.5. The molecule has 0 saturated heterocycles. The molecule has 0 fully saturated rings. The van der Waals surface area contributed by atoms with E-state index in [-0.39, 0.29) is 18.7 Å². The molecule has 2 N–H and O–H groups in total. The molecular weight excluding hydrogens is 233 g/mol. The maximum atomic E-state index is 8.93. The van der Waals surface area contributed by atoms with Crippen molar-refractivity contribution in [3.05, 3.63) is 33.8 Å². The number of rotatable bonds is 4. The highest BCUT2D eigenvalue weighted by Gasteiger charge is 2.11. The zero-order valence-electron chi connectivity index (χ0n) is 8.80. The van der Waals surface area contributed by atoms with Gasteiger partial charge in [0.15, 0.2) is 0 Å². The molecule has 0 heterocycles. The van der Waals surface area contributed by atoms with Crippen LogP contribution in [0.1, 0.15) is 25.5 Å². The van der Waals surface area contributed by atoms with E-state index >= 15 is 0 Å². The Labute approximate surface area is 100 Å². The lowest BCUT2D eigenvalue weighted by Gasteiger charge is -2.19. The zero-order chi connectivity index (χ0) is 11.4. The maximum absolute atomic E-state index is 8.93. The molecule has 4 heteroatoms. The molecule has 84 valence electrons. The zero-order valence-corrected chi connectivity index (χ0v) is 10.3. The third-order valence-corrected chi connectivity index (χ3v) is 2.80. The largest absolute Gasteiger partial charge is 0.395 e.